The molecular formula is C13H21N3O2. The number of hydrogen-bond donors (Lipinski definition) is 1. The summed E-state index contributed by atoms with van der Waals surface area (Å²) in [4.78, 5) is 16.5. The van der Waals surface area contributed by atoms with Gasteiger partial charge in [-0.15, -0.1) is 0 Å². The van der Waals surface area contributed by atoms with Crippen LogP contribution in [0.15, 0.2) is 16.7 Å². The highest BCUT2D eigenvalue weighted by atomic mass is 16.3. The highest BCUT2D eigenvalue weighted by Crippen LogP contribution is 2.13. The number of nitrogens with two attached hydrogens (primary N) is 1. The van der Waals surface area contributed by atoms with Crippen LogP contribution in [0.3, 0.4) is 0 Å². The minimum absolute atomic E-state index is 0.0795. The van der Waals surface area contributed by atoms with Gasteiger partial charge in [0.1, 0.15) is 5.76 Å². The van der Waals surface area contributed by atoms with E-state index in [-0.39, 0.29) is 5.91 Å². The number of hydrogen-bond acceptors (Lipinski definition) is 4. The Balaban J connectivity index is 1.98. The second kappa shape index (κ2) is 6.02. The predicted molar refractivity (Wildman–Crippen MR) is 69.5 cm³/mol. The predicted octanol–water partition coefficient (Wildman–Crippen LogP) is 0.695. The first-order valence-corrected chi connectivity index (χ1v) is 6.48. The zero-order chi connectivity index (χ0) is 13.0. The van der Waals surface area contributed by atoms with E-state index in [2.05, 4.69) is 4.90 Å². The van der Waals surface area contributed by atoms with Crippen molar-refractivity contribution in [2.24, 2.45) is 5.73 Å². The summed E-state index contributed by atoms with van der Waals surface area (Å²) in [6.45, 7) is 6.91. The zero-order valence-electron chi connectivity index (χ0n) is 10.9. The van der Waals surface area contributed by atoms with E-state index in [4.69, 9.17) is 10.2 Å². The van der Waals surface area contributed by atoms with Crippen LogP contribution in [-0.4, -0.2) is 55.0 Å². The Labute approximate surface area is 108 Å². The highest BCUT2D eigenvalue weighted by Gasteiger charge is 2.22. The first-order valence-electron chi connectivity index (χ1n) is 6.48. The van der Waals surface area contributed by atoms with Gasteiger partial charge in [-0.1, -0.05) is 0 Å². The molecule has 5 heteroatoms. The van der Waals surface area contributed by atoms with Crippen molar-refractivity contribution in [1.82, 2.24) is 9.80 Å². The van der Waals surface area contributed by atoms with Crippen molar-refractivity contribution in [1.29, 1.82) is 0 Å². The maximum atomic E-state index is 12.3. The third kappa shape index (κ3) is 2.91. The molecule has 5 nitrogen and oxygen atoms in total. The van der Waals surface area contributed by atoms with Gasteiger partial charge in [-0.25, -0.2) is 0 Å². The van der Waals surface area contributed by atoms with Gasteiger partial charge in [-0.05, 0) is 26.0 Å². The summed E-state index contributed by atoms with van der Waals surface area (Å²) < 4.78 is 5.19. The van der Waals surface area contributed by atoms with Gasteiger partial charge in [0.05, 0.1) is 11.8 Å². The van der Waals surface area contributed by atoms with Crippen molar-refractivity contribution in [3.63, 3.8) is 0 Å². The number of amides is 1. The van der Waals surface area contributed by atoms with Crippen molar-refractivity contribution in [3.05, 3.63) is 23.7 Å². The summed E-state index contributed by atoms with van der Waals surface area (Å²) in [7, 11) is 0. The number of carbonyl (C=O) groups excluding carboxylic acids is 1. The molecule has 0 atom stereocenters. The van der Waals surface area contributed by atoms with Crippen LogP contribution in [0.25, 0.3) is 0 Å². The average molecular weight is 251 g/mol. The third-order valence-electron chi connectivity index (χ3n) is 3.41. The maximum absolute atomic E-state index is 12.3. The van der Waals surface area contributed by atoms with E-state index in [0.29, 0.717) is 17.9 Å². The summed E-state index contributed by atoms with van der Waals surface area (Å²) in [5.74, 6) is 0.777. The van der Waals surface area contributed by atoms with E-state index >= 15 is 0 Å². The molecule has 1 amide bonds. The first kappa shape index (κ1) is 13.1. The molecule has 1 aromatic rings. The fraction of sp³-hybridized carbons (Fsp3) is 0.615. The molecule has 0 radical (unpaired) electrons. The zero-order valence-corrected chi connectivity index (χ0v) is 10.9. The molecule has 2 N–H and O–H groups in total. The quantitative estimate of drug-likeness (QED) is 0.858. The van der Waals surface area contributed by atoms with Crippen LogP contribution in [-0.2, 0) is 0 Å². The van der Waals surface area contributed by atoms with Crippen LogP contribution < -0.4 is 5.73 Å². The number of carbonyl (C=O) groups is 1. The lowest BCUT2D eigenvalue weighted by molar-refractivity contribution is 0.0760. The molecule has 0 aliphatic carbocycles. The van der Waals surface area contributed by atoms with E-state index in [1.54, 1.807) is 12.3 Å². The fourth-order valence-corrected chi connectivity index (χ4v) is 2.36. The van der Waals surface area contributed by atoms with Crippen LogP contribution in [0.4, 0.5) is 0 Å². The summed E-state index contributed by atoms with van der Waals surface area (Å²) in [6.07, 6.45) is 2.57. The molecule has 0 saturated carbocycles. The average Bonchev–Trinajstić information content (AvgIpc) is 2.64. The van der Waals surface area contributed by atoms with Gasteiger partial charge in [0.2, 0.25) is 0 Å². The second-order valence-electron chi connectivity index (χ2n) is 4.67. The summed E-state index contributed by atoms with van der Waals surface area (Å²) in [5.41, 5.74) is 6.25. The lowest BCUT2D eigenvalue weighted by atomic mass is 10.2. The first-order chi connectivity index (χ1) is 8.72. The Morgan fingerprint density at radius 3 is 2.89 bits per heavy atom. The molecule has 0 aromatic carbocycles. The molecule has 0 unspecified atom stereocenters. The Morgan fingerprint density at radius 2 is 2.22 bits per heavy atom. The molecule has 0 bridgehead atoms. The second-order valence-corrected chi connectivity index (χ2v) is 4.67. The summed E-state index contributed by atoms with van der Waals surface area (Å²) >= 11 is 0. The molecule has 100 valence electrons. The Bertz CT molecular complexity index is 403. The van der Waals surface area contributed by atoms with Crippen LogP contribution in [0, 0.1) is 6.92 Å². The summed E-state index contributed by atoms with van der Waals surface area (Å²) in [6, 6.07) is 1.75. The summed E-state index contributed by atoms with van der Waals surface area (Å²) in [5, 5.41) is 0. The molecule has 2 rings (SSSR count). The Morgan fingerprint density at radius 1 is 1.39 bits per heavy atom. The monoisotopic (exact) mass is 251 g/mol. The number of furan rings is 1. The van der Waals surface area contributed by atoms with E-state index in [9.17, 15) is 4.79 Å². The van der Waals surface area contributed by atoms with Crippen molar-refractivity contribution in [2.45, 2.75) is 13.3 Å². The molecule has 1 aliphatic rings. The van der Waals surface area contributed by atoms with E-state index in [1.807, 2.05) is 11.8 Å². The maximum Gasteiger partial charge on any atom is 0.257 e. The highest BCUT2D eigenvalue weighted by molar-refractivity contribution is 5.95. The van der Waals surface area contributed by atoms with E-state index < -0.39 is 0 Å². The molecule has 2 heterocycles. The minimum atomic E-state index is 0.0795. The van der Waals surface area contributed by atoms with E-state index in [0.717, 1.165) is 39.1 Å². The molecular weight excluding hydrogens is 230 g/mol. The van der Waals surface area contributed by atoms with Crippen LogP contribution in [0.2, 0.25) is 0 Å². The lowest BCUT2D eigenvalue weighted by Crippen LogP contribution is -2.36. The number of aryl methyl sites for hydroxylation is 1. The molecule has 18 heavy (non-hydrogen) atoms. The van der Waals surface area contributed by atoms with Gasteiger partial charge in [-0.3, -0.25) is 4.79 Å². The fourth-order valence-electron chi connectivity index (χ4n) is 2.36. The van der Waals surface area contributed by atoms with Crippen LogP contribution in [0.1, 0.15) is 22.5 Å². The lowest BCUT2D eigenvalue weighted by Gasteiger charge is -2.21. The van der Waals surface area contributed by atoms with Gasteiger partial charge in [0, 0.05) is 32.7 Å². The van der Waals surface area contributed by atoms with Crippen molar-refractivity contribution >= 4 is 5.91 Å². The smallest absolute Gasteiger partial charge is 0.257 e. The SMILES string of the molecule is Cc1occc1C(=O)N1CCCN(CCN)CC1. The van der Waals surface area contributed by atoms with Gasteiger partial charge in [0.15, 0.2) is 0 Å². The molecule has 0 spiro atoms. The van der Waals surface area contributed by atoms with Crippen molar-refractivity contribution in [3.8, 4) is 0 Å². The molecule has 1 aliphatic heterocycles. The Hall–Kier alpha value is -1.33. The van der Waals surface area contributed by atoms with Gasteiger partial charge >= 0.3 is 0 Å². The number of rotatable bonds is 3. The van der Waals surface area contributed by atoms with Crippen molar-refractivity contribution < 1.29 is 9.21 Å². The van der Waals surface area contributed by atoms with Crippen molar-refractivity contribution in [2.75, 3.05) is 39.3 Å². The minimum Gasteiger partial charge on any atom is -0.469 e. The molecule has 1 saturated heterocycles. The van der Waals surface area contributed by atoms with E-state index in [1.165, 1.54) is 0 Å². The number of nitrogens with zero attached hydrogens (tertiary/aromatic N) is 2. The third-order valence-corrected chi connectivity index (χ3v) is 3.41. The van der Waals surface area contributed by atoms with Gasteiger partial charge in [-0.2, -0.15) is 0 Å². The standard InChI is InChI=1S/C13H21N3O2/c1-11-12(3-10-18-11)13(17)16-6-2-5-15(7-4-14)8-9-16/h3,10H,2,4-9,14H2,1H3. The molecule has 1 fully saturated rings. The largest absolute Gasteiger partial charge is 0.469 e. The normalized spacial score (nSPS) is 17.8. The van der Waals surface area contributed by atoms with Crippen LogP contribution >= 0.6 is 0 Å². The van der Waals surface area contributed by atoms with Crippen LogP contribution in [0.5, 0.6) is 0 Å². The molecule has 1 aromatic heterocycles. The van der Waals surface area contributed by atoms with Gasteiger partial charge in [0.25, 0.3) is 5.91 Å². The van der Waals surface area contributed by atoms with Gasteiger partial charge < -0.3 is 20.0 Å². The Kier molecular flexibility index (Phi) is 4.38. The topological polar surface area (TPSA) is 62.7 Å².